The summed E-state index contributed by atoms with van der Waals surface area (Å²) in [7, 11) is 2.17. The highest BCUT2D eigenvalue weighted by Crippen LogP contribution is 2.30. The number of rotatable bonds is 0. The first kappa shape index (κ1) is 9.85. The molecule has 1 unspecified atom stereocenters. The van der Waals surface area contributed by atoms with Crippen molar-refractivity contribution in [3.63, 3.8) is 0 Å². The highest BCUT2D eigenvalue weighted by atomic mass is 16.2. The van der Waals surface area contributed by atoms with Crippen molar-refractivity contribution in [1.29, 1.82) is 0 Å². The van der Waals surface area contributed by atoms with E-state index in [1.54, 1.807) is 0 Å². The average Bonchev–Trinajstić information content (AvgIpc) is 2.28. The molecule has 1 aromatic carbocycles. The van der Waals surface area contributed by atoms with Crippen molar-refractivity contribution in [2.24, 2.45) is 0 Å². The fourth-order valence-electron chi connectivity index (χ4n) is 2.93. The molecule has 0 aromatic heterocycles. The number of amides is 1. The van der Waals surface area contributed by atoms with Gasteiger partial charge in [0.05, 0.1) is 19.2 Å². The number of fused-ring (bicyclic) bond motifs is 2. The minimum Gasteiger partial charge on any atom is -0.264 e. The van der Waals surface area contributed by atoms with E-state index in [1.165, 1.54) is 12.0 Å². The first-order chi connectivity index (χ1) is 7.71. The minimum absolute atomic E-state index is 0.212. The van der Waals surface area contributed by atoms with Gasteiger partial charge in [-0.3, -0.25) is 4.79 Å². The van der Waals surface area contributed by atoms with Crippen LogP contribution >= 0.6 is 0 Å². The van der Waals surface area contributed by atoms with Gasteiger partial charge >= 0.3 is 0 Å². The maximum Gasteiger partial charge on any atom is 0.299 e. The molecule has 3 rings (SSSR count). The Bertz CT molecular complexity index is 443. The van der Waals surface area contributed by atoms with Crippen LogP contribution in [0.25, 0.3) is 0 Å². The van der Waals surface area contributed by atoms with Gasteiger partial charge in [0.2, 0.25) is 0 Å². The maximum absolute atomic E-state index is 12.4. The topological polar surface area (TPSA) is 20.3 Å². The third-order valence-corrected chi connectivity index (χ3v) is 3.84. The van der Waals surface area contributed by atoms with Crippen molar-refractivity contribution in [1.82, 2.24) is 5.01 Å². The maximum atomic E-state index is 12.4. The standard InChI is InChI=1S/C13H17N2O/c1-15-9-5-4-8-14(15)13(16)12-7-3-2-6-11(12)10-15/h2-3,6-7H,4-5,8-10H2,1H3/q+1. The van der Waals surface area contributed by atoms with E-state index in [-0.39, 0.29) is 5.91 Å². The van der Waals surface area contributed by atoms with Gasteiger partial charge in [-0.15, -0.1) is 0 Å². The van der Waals surface area contributed by atoms with Gasteiger partial charge in [0.1, 0.15) is 13.1 Å². The van der Waals surface area contributed by atoms with Gasteiger partial charge in [-0.2, -0.15) is 5.01 Å². The highest BCUT2D eigenvalue weighted by molar-refractivity contribution is 5.95. The fraction of sp³-hybridized carbons (Fsp3) is 0.462. The predicted molar refractivity (Wildman–Crippen MR) is 61.5 cm³/mol. The predicted octanol–water partition coefficient (Wildman–Crippen LogP) is 1.80. The lowest BCUT2D eigenvalue weighted by Gasteiger charge is -2.48. The lowest BCUT2D eigenvalue weighted by molar-refractivity contribution is -1.02. The second-order valence-electron chi connectivity index (χ2n) is 5.01. The Kier molecular flexibility index (Phi) is 2.04. The zero-order valence-corrected chi connectivity index (χ0v) is 9.65. The quantitative estimate of drug-likeness (QED) is 0.607. The monoisotopic (exact) mass is 217 g/mol. The molecule has 1 fully saturated rings. The van der Waals surface area contributed by atoms with E-state index in [0.717, 1.165) is 36.2 Å². The number of hydrogen-bond acceptors (Lipinski definition) is 1. The molecule has 0 spiro atoms. The Balaban J connectivity index is 2.09. The Labute approximate surface area is 95.8 Å². The summed E-state index contributed by atoms with van der Waals surface area (Å²) in [4.78, 5) is 12.4. The van der Waals surface area contributed by atoms with Crippen molar-refractivity contribution < 1.29 is 9.39 Å². The summed E-state index contributed by atoms with van der Waals surface area (Å²) in [5.74, 6) is 0.212. The third-order valence-electron chi connectivity index (χ3n) is 3.84. The van der Waals surface area contributed by atoms with Gasteiger partial charge in [-0.05, 0) is 12.5 Å². The zero-order chi connectivity index (χ0) is 11.2. The summed E-state index contributed by atoms with van der Waals surface area (Å²) in [6, 6.07) is 8.02. The van der Waals surface area contributed by atoms with E-state index in [0.29, 0.717) is 0 Å². The van der Waals surface area contributed by atoms with Crippen LogP contribution in [-0.4, -0.2) is 35.6 Å². The third kappa shape index (κ3) is 1.28. The van der Waals surface area contributed by atoms with E-state index >= 15 is 0 Å². The fourth-order valence-corrected chi connectivity index (χ4v) is 2.93. The molecule has 0 bridgehead atoms. The van der Waals surface area contributed by atoms with E-state index in [2.05, 4.69) is 13.1 Å². The second-order valence-corrected chi connectivity index (χ2v) is 5.01. The van der Waals surface area contributed by atoms with E-state index < -0.39 is 0 Å². The normalized spacial score (nSPS) is 28.6. The smallest absolute Gasteiger partial charge is 0.264 e. The summed E-state index contributed by atoms with van der Waals surface area (Å²) in [5.41, 5.74) is 2.10. The molecule has 1 amide bonds. The average molecular weight is 217 g/mol. The summed E-state index contributed by atoms with van der Waals surface area (Å²) >= 11 is 0. The van der Waals surface area contributed by atoms with E-state index in [1.807, 2.05) is 23.2 Å². The molecule has 1 saturated heterocycles. The lowest BCUT2D eigenvalue weighted by atomic mass is 10.0. The van der Waals surface area contributed by atoms with Crippen molar-refractivity contribution >= 4 is 5.91 Å². The van der Waals surface area contributed by atoms with Crippen molar-refractivity contribution in [3.05, 3.63) is 35.4 Å². The Hall–Kier alpha value is -1.35. The van der Waals surface area contributed by atoms with Crippen LogP contribution < -0.4 is 0 Å². The molecule has 0 N–H and O–H groups in total. The molecule has 0 radical (unpaired) electrons. The van der Waals surface area contributed by atoms with Gasteiger partial charge in [0.25, 0.3) is 5.91 Å². The van der Waals surface area contributed by atoms with Crippen LogP contribution in [0.5, 0.6) is 0 Å². The molecule has 3 heteroatoms. The SMILES string of the molecule is C[N+]12CCCCN1C(=O)c1ccccc1C2. The lowest BCUT2D eigenvalue weighted by Crippen LogP contribution is -2.64. The van der Waals surface area contributed by atoms with Gasteiger partial charge in [-0.1, -0.05) is 18.2 Å². The summed E-state index contributed by atoms with van der Waals surface area (Å²) in [6.45, 7) is 2.95. The van der Waals surface area contributed by atoms with Crippen LogP contribution in [0.2, 0.25) is 0 Å². The number of quaternary nitrogens is 1. The molecule has 2 heterocycles. The molecular weight excluding hydrogens is 200 g/mol. The zero-order valence-electron chi connectivity index (χ0n) is 9.65. The van der Waals surface area contributed by atoms with Crippen LogP contribution in [0.3, 0.4) is 0 Å². The molecule has 84 valence electrons. The highest BCUT2D eigenvalue weighted by Gasteiger charge is 2.42. The molecule has 1 atom stereocenters. The van der Waals surface area contributed by atoms with Gasteiger partial charge in [-0.25, -0.2) is 4.59 Å². The molecule has 0 saturated carbocycles. The number of hydrogen-bond donors (Lipinski definition) is 0. The van der Waals surface area contributed by atoms with E-state index in [4.69, 9.17) is 0 Å². The molecule has 3 nitrogen and oxygen atoms in total. The number of carbonyl (C=O) groups is 1. The molecule has 1 aromatic rings. The van der Waals surface area contributed by atoms with Crippen LogP contribution in [0, 0.1) is 0 Å². The Morgan fingerprint density at radius 2 is 2.06 bits per heavy atom. The number of nitrogens with zero attached hydrogens (tertiary/aromatic N) is 2. The van der Waals surface area contributed by atoms with Crippen LogP contribution in [0.15, 0.2) is 24.3 Å². The van der Waals surface area contributed by atoms with Crippen molar-refractivity contribution in [2.45, 2.75) is 19.4 Å². The first-order valence-corrected chi connectivity index (χ1v) is 5.95. The molecule has 2 aliphatic rings. The molecule has 16 heavy (non-hydrogen) atoms. The van der Waals surface area contributed by atoms with Gasteiger partial charge < -0.3 is 0 Å². The summed E-state index contributed by atoms with van der Waals surface area (Å²) in [5, 5.41) is 2.03. The summed E-state index contributed by atoms with van der Waals surface area (Å²) in [6.07, 6.45) is 2.37. The number of carbonyl (C=O) groups excluding carboxylic acids is 1. The Morgan fingerprint density at radius 3 is 2.94 bits per heavy atom. The van der Waals surface area contributed by atoms with Crippen molar-refractivity contribution in [2.75, 3.05) is 20.1 Å². The molecule has 0 aliphatic carbocycles. The largest absolute Gasteiger partial charge is 0.299 e. The Morgan fingerprint density at radius 1 is 1.25 bits per heavy atom. The second kappa shape index (κ2) is 3.32. The molecule has 2 aliphatic heterocycles. The van der Waals surface area contributed by atoms with Crippen LogP contribution in [-0.2, 0) is 6.54 Å². The van der Waals surface area contributed by atoms with Crippen LogP contribution in [0.1, 0.15) is 28.8 Å². The minimum atomic E-state index is 0.212. The molecular formula is C13H17N2O+. The van der Waals surface area contributed by atoms with Gasteiger partial charge in [0, 0.05) is 12.0 Å². The van der Waals surface area contributed by atoms with Crippen LogP contribution in [0.4, 0.5) is 0 Å². The van der Waals surface area contributed by atoms with E-state index in [9.17, 15) is 4.79 Å². The van der Waals surface area contributed by atoms with Gasteiger partial charge in [0.15, 0.2) is 0 Å². The first-order valence-electron chi connectivity index (χ1n) is 5.95. The summed E-state index contributed by atoms with van der Waals surface area (Å²) < 4.78 is 0.774. The van der Waals surface area contributed by atoms with Crippen molar-refractivity contribution in [3.8, 4) is 0 Å². The number of benzene rings is 1.